The summed E-state index contributed by atoms with van der Waals surface area (Å²) in [6.45, 7) is 0. The Morgan fingerprint density at radius 1 is 0.833 bits per heavy atom. The standard InChI is InChI=1S/C27H18FN5O3/c28-16-8-2-5-11-19(16)32-25(34)22-21-14-13-15-7-1-4-10-18(15)31(21)24(23(22)26(32)35)27(36)33-20-12-6-3-9-17(20)29-30-33/h1-14,21-24H/t21-,22-,23-,24+/m0/s1. The van der Waals surface area contributed by atoms with Crippen LogP contribution in [0.2, 0.25) is 0 Å². The van der Waals surface area contributed by atoms with Crippen LogP contribution >= 0.6 is 0 Å². The van der Waals surface area contributed by atoms with Gasteiger partial charge >= 0.3 is 0 Å². The van der Waals surface area contributed by atoms with Gasteiger partial charge in [0.1, 0.15) is 17.4 Å². The van der Waals surface area contributed by atoms with E-state index >= 15 is 0 Å². The summed E-state index contributed by atoms with van der Waals surface area (Å²) in [7, 11) is 0. The molecule has 0 bridgehead atoms. The summed E-state index contributed by atoms with van der Waals surface area (Å²) >= 11 is 0. The number of aromatic nitrogens is 3. The lowest BCUT2D eigenvalue weighted by Crippen LogP contribution is -2.50. The zero-order valence-electron chi connectivity index (χ0n) is 18.7. The Morgan fingerprint density at radius 2 is 1.53 bits per heavy atom. The molecule has 7 rings (SSSR count). The van der Waals surface area contributed by atoms with E-state index in [0.29, 0.717) is 11.0 Å². The first-order valence-corrected chi connectivity index (χ1v) is 11.6. The molecule has 0 spiro atoms. The normalized spacial score (nSPS) is 24.2. The second kappa shape index (κ2) is 7.42. The van der Waals surface area contributed by atoms with Crippen molar-refractivity contribution >= 4 is 46.2 Å². The van der Waals surface area contributed by atoms with Crippen LogP contribution in [-0.2, 0) is 9.59 Å². The lowest BCUT2D eigenvalue weighted by atomic mass is 9.88. The molecule has 0 saturated carbocycles. The van der Waals surface area contributed by atoms with Gasteiger partial charge in [-0.3, -0.25) is 14.4 Å². The molecular formula is C27H18FN5O3. The minimum atomic E-state index is -1.04. The van der Waals surface area contributed by atoms with Crippen LogP contribution in [-0.4, -0.2) is 44.8 Å². The number of nitrogens with zero attached hydrogens (tertiary/aromatic N) is 5. The number of anilines is 2. The Bertz CT molecular complexity index is 1630. The van der Waals surface area contributed by atoms with E-state index in [0.717, 1.165) is 16.2 Å². The van der Waals surface area contributed by atoms with E-state index in [2.05, 4.69) is 10.3 Å². The Kier molecular flexibility index (Phi) is 4.26. The third-order valence-corrected chi connectivity index (χ3v) is 7.32. The highest BCUT2D eigenvalue weighted by Gasteiger charge is 2.65. The number of para-hydroxylation sites is 3. The second-order valence-electron chi connectivity index (χ2n) is 9.10. The fourth-order valence-corrected chi connectivity index (χ4v) is 5.82. The molecule has 2 amide bonds. The number of amides is 2. The van der Waals surface area contributed by atoms with Crippen molar-refractivity contribution in [1.82, 2.24) is 15.0 Å². The first kappa shape index (κ1) is 20.7. The number of fused-ring (bicyclic) bond motifs is 6. The monoisotopic (exact) mass is 479 g/mol. The average molecular weight is 479 g/mol. The first-order valence-electron chi connectivity index (χ1n) is 11.6. The molecule has 3 aliphatic heterocycles. The minimum absolute atomic E-state index is 0.106. The van der Waals surface area contributed by atoms with Gasteiger partial charge in [0, 0.05) is 5.69 Å². The maximum Gasteiger partial charge on any atom is 0.272 e. The molecule has 4 aromatic rings. The third-order valence-electron chi connectivity index (χ3n) is 7.32. The van der Waals surface area contributed by atoms with Crippen molar-refractivity contribution in [3.05, 3.63) is 90.3 Å². The molecule has 0 unspecified atom stereocenters. The van der Waals surface area contributed by atoms with Crippen molar-refractivity contribution in [1.29, 1.82) is 0 Å². The summed E-state index contributed by atoms with van der Waals surface area (Å²) in [5, 5.41) is 8.19. The molecule has 2 fully saturated rings. The highest BCUT2D eigenvalue weighted by Crippen LogP contribution is 2.49. The van der Waals surface area contributed by atoms with E-state index in [1.807, 2.05) is 41.3 Å². The molecule has 3 aliphatic rings. The smallest absolute Gasteiger partial charge is 0.272 e. The number of hydrogen-bond donors (Lipinski definition) is 0. The minimum Gasteiger partial charge on any atom is -0.351 e. The van der Waals surface area contributed by atoms with Crippen LogP contribution in [0.15, 0.2) is 78.9 Å². The van der Waals surface area contributed by atoms with Crippen molar-refractivity contribution in [2.75, 3.05) is 9.80 Å². The molecule has 3 aromatic carbocycles. The lowest BCUT2D eigenvalue weighted by Gasteiger charge is -2.36. The molecule has 36 heavy (non-hydrogen) atoms. The first-order chi connectivity index (χ1) is 17.6. The van der Waals surface area contributed by atoms with Gasteiger partial charge in [0.2, 0.25) is 11.8 Å². The average Bonchev–Trinajstić information content (AvgIpc) is 3.55. The van der Waals surface area contributed by atoms with Gasteiger partial charge < -0.3 is 4.90 Å². The lowest BCUT2D eigenvalue weighted by molar-refractivity contribution is -0.123. The van der Waals surface area contributed by atoms with Gasteiger partial charge in [0.05, 0.1) is 29.1 Å². The Morgan fingerprint density at radius 3 is 2.36 bits per heavy atom. The predicted octanol–water partition coefficient (Wildman–Crippen LogP) is 3.30. The van der Waals surface area contributed by atoms with E-state index < -0.39 is 47.5 Å². The van der Waals surface area contributed by atoms with Crippen LogP contribution in [0.4, 0.5) is 15.8 Å². The van der Waals surface area contributed by atoms with E-state index in [1.165, 1.54) is 22.9 Å². The second-order valence-corrected chi connectivity index (χ2v) is 9.10. The SMILES string of the molecule is O=C1[C@@H]2[C@H](C(=O)N1c1ccccc1F)[C@H](C(=O)n1nnc3ccccc31)N1c3ccccc3C=C[C@@H]21. The van der Waals surface area contributed by atoms with E-state index in [1.54, 1.807) is 30.3 Å². The molecule has 0 aliphatic carbocycles. The zero-order chi connectivity index (χ0) is 24.6. The van der Waals surface area contributed by atoms with Crippen LogP contribution in [0.1, 0.15) is 10.4 Å². The van der Waals surface area contributed by atoms with Gasteiger partial charge in [-0.2, -0.15) is 4.68 Å². The van der Waals surface area contributed by atoms with Gasteiger partial charge in [-0.1, -0.05) is 59.8 Å². The van der Waals surface area contributed by atoms with Gasteiger partial charge in [0.25, 0.3) is 5.91 Å². The molecule has 4 atom stereocenters. The Labute approximate surface area is 204 Å². The molecule has 0 radical (unpaired) electrons. The van der Waals surface area contributed by atoms with E-state index in [4.69, 9.17) is 0 Å². The number of halogens is 1. The number of carbonyl (C=O) groups is 3. The molecule has 0 N–H and O–H groups in total. The summed E-state index contributed by atoms with van der Waals surface area (Å²) < 4.78 is 15.9. The summed E-state index contributed by atoms with van der Waals surface area (Å²) in [4.78, 5) is 44.4. The highest BCUT2D eigenvalue weighted by atomic mass is 19.1. The van der Waals surface area contributed by atoms with Gasteiger partial charge in [-0.25, -0.2) is 9.29 Å². The fraction of sp³-hybridized carbons (Fsp3) is 0.148. The third kappa shape index (κ3) is 2.65. The van der Waals surface area contributed by atoms with Crippen molar-refractivity contribution in [2.45, 2.75) is 12.1 Å². The Hall–Kier alpha value is -4.66. The number of imide groups is 1. The van der Waals surface area contributed by atoms with Gasteiger partial charge in [-0.15, -0.1) is 5.10 Å². The molecule has 4 heterocycles. The van der Waals surface area contributed by atoms with Crippen molar-refractivity contribution in [3.63, 3.8) is 0 Å². The highest BCUT2D eigenvalue weighted by molar-refractivity contribution is 6.25. The predicted molar refractivity (Wildman–Crippen MR) is 130 cm³/mol. The largest absolute Gasteiger partial charge is 0.351 e. The summed E-state index contributed by atoms with van der Waals surface area (Å²) in [6.07, 6.45) is 3.75. The number of rotatable bonds is 2. The maximum atomic E-state index is 14.7. The number of hydrogen-bond acceptors (Lipinski definition) is 6. The van der Waals surface area contributed by atoms with Crippen LogP contribution in [0, 0.1) is 17.7 Å². The van der Waals surface area contributed by atoms with Crippen molar-refractivity contribution in [2.24, 2.45) is 11.8 Å². The van der Waals surface area contributed by atoms with E-state index in [9.17, 15) is 18.8 Å². The van der Waals surface area contributed by atoms with Crippen molar-refractivity contribution in [3.8, 4) is 0 Å². The Balaban J connectivity index is 1.41. The van der Waals surface area contributed by atoms with Crippen LogP contribution in [0.3, 0.4) is 0 Å². The molecular weight excluding hydrogens is 461 g/mol. The summed E-state index contributed by atoms with van der Waals surface area (Å²) in [6, 6.07) is 18.7. The number of benzene rings is 3. The van der Waals surface area contributed by atoms with Crippen LogP contribution in [0.5, 0.6) is 0 Å². The topological polar surface area (TPSA) is 88.4 Å². The maximum absolute atomic E-state index is 14.7. The summed E-state index contributed by atoms with van der Waals surface area (Å²) in [5.74, 6) is -4.14. The van der Waals surface area contributed by atoms with Gasteiger partial charge in [-0.05, 0) is 35.9 Å². The molecule has 8 nitrogen and oxygen atoms in total. The van der Waals surface area contributed by atoms with Crippen molar-refractivity contribution < 1.29 is 18.8 Å². The summed E-state index contributed by atoms with van der Waals surface area (Å²) in [5.41, 5.74) is 2.57. The van der Waals surface area contributed by atoms with Gasteiger partial charge in [0.15, 0.2) is 0 Å². The molecule has 1 aromatic heterocycles. The zero-order valence-corrected chi connectivity index (χ0v) is 18.7. The fourth-order valence-electron chi connectivity index (χ4n) is 5.82. The molecule has 2 saturated heterocycles. The van der Waals surface area contributed by atoms with Crippen LogP contribution < -0.4 is 9.80 Å². The van der Waals surface area contributed by atoms with Crippen LogP contribution in [0.25, 0.3) is 17.1 Å². The molecule has 176 valence electrons. The molecule has 9 heteroatoms. The number of carbonyl (C=O) groups excluding carboxylic acids is 3. The van der Waals surface area contributed by atoms with E-state index in [-0.39, 0.29) is 5.69 Å². The quantitative estimate of drug-likeness (QED) is 0.410.